The highest BCUT2D eigenvalue weighted by molar-refractivity contribution is 8.00. The zero-order chi connectivity index (χ0) is 18.6. The maximum atomic E-state index is 12.7. The molecule has 1 fully saturated rings. The number of carbonyl (C=O) groups is 2. The number of rotatable bonds is 8. The van der Waals surface area contributed by atoms with Gasteiger partial charge in [-0.2, -0.15) is 0 Å². The van der Waals surface area contributed by atoms with Crippen LogP contribution in [-0.2, 0) is 9.53 Å². The second-order valence-corrected chi connectivity index (χ2v) is 7.66. The van der Waals surface area contributed by atoms with Crippen molar-refractivity contribution in [2.45, 2.75) is 55.9 Å². The maximum absolute atomic E-state index is 12.7. The highest BCUT2D eigenvalue weighted by Gasteiger charge is 2.17. The van der Waals surface area contributed by atoms with Crippen molar-refractivity contribution in [3.8, 4) is 0 Å². The van der Waals surface area contributed by atoms with Crippen LogP contribution in [0, 0.1) is 0 Å². The fraction of sp³-hybridized carbons (Fsp3) is 0.600. The molecule has 0 aromatic heterocycles. The molecule has 6 heteroatoms. The van der Waals surface area contributed by atoms with Crippen molar-refractivity contribution in [3.63, 3.8) is 0 Å². The first-order chi connectivity index (χ1) is 12.7. The summed E-state index contributed by atoms with van der Waals surface area (Å²) in [6.07, 6.45) is 8.32. The van der Waals surface area contributed by atoms with Gasteiger partial charge >= 0.3 is 0 Å². The molecular weight excluding hydrogens is 348 g/mol. The average molecular weight is 379 g/mol. The molecule has 2 N–H and O–H groups in total. The molecule has 0 heterocycles. The minimum Gasteiger partial charge on any atom is -0.383 e. The van der Waals surface area contributed by atoms with E-state index >= 15 is 0 Å². The fourth-order valence-corrected chi connectivity index (χ4v) is 4.01. The number of hydrogen-bond acceptors (Lipinski definition) is 4. The predicted octanol–water partition coefficient (Wildman–Crippen LogP) is 3.38. The van der Waals surface area contributed by atoms with Gasteiger partial charge in [0.1, 0.15) is 0 Å². The lowest BCUT2D eigenvalue weighted by molar-refractivity contribution is -0.118. The van der Waals surface area contributed by atoms with E-state index in [1.54, 1.807) is 7.11 Å². The highest BCUT2D eigenvalue weighted by Crippen LogP contribution is 2.23. The van der Waals surface area contributed by atoms with Crippen molar-refractivity contribution in [2.75, 3.05) is 26.0 Å². The predicted molar refractivity (Wildman–Crippen MR) is 106 cm³/mol. The molecule has 0 aliphatic heterocycles. The van der Waals surface area contributed by atoms with Gasteiger partial charge in [0.15, 0.2) is 0 Å². The Morgan fingerprint density at radius 3 is 2.54 bits per heavy atom. The molecule has 0 bridgehead atoms. The zero-order valence-corrected chi connectivity index (χ0v) is 16.4. The summed E-state index contributed by atoms with van der Waals surface area (Å²) in [5.41, 5.74) is 0.657. The van der Waals surface area contributed by atoms with Crippen LogP contribution in [0.25, 0.3) is 0 Å². The third-order valence-corrected chi connectivity index (χ3v) is 5.63. The van der Waals surface area contributed by atoms with Crippen LogP contribution in [0.1, 0.15) is 55.3 Å². The molecular formula is C20H30N2O3S. The van der Waals surface area contributed by atoms with Gasteiger partial charge in [0.05, 0.1) is 17.9 Å². The highest BCUT2D eigenvalue weighted by atomic mass is 32.2. The van der Waals surface area contributed by atoms with Crippen molar-refractivity contribution in [2.24, 2.45) is 0 Å². The molecule has 2 rings (SSSR count). The molecule has 2 amide bonds. The number of methoxy groups -OCH3 is 1. The van der Waals surface area contributed by atoms with Gasteiger partial charge in [-0.25, -0.2) is 0 Å². The molecule has 1 aromatic rings. The summed E-state index contributed by atoms with van der Waals surface area (Å²) >= 11 is 1.40. The summed E-state index contributed by atoms with van der Waals surface area (Å²) in [6, 6.07) is 7.77. The number of carbonyl (C=O) groups excluding carboxylic acids is 2. The molecule has 0 radical (unpaired) electrons. The Hall–Kier alpha value is -1.53. The normalized spacial score (nSPS) is 15.7. The first-order valence-electron chi connectivity index (χ1n) is 9.49. The number of nitrogens with one attached hydrogen (secondary N) is 2. The van der Waals surface area contributed by atoms with Crippen LogP contribution in [0.4, 0.5) is 0 Å². The van der Waals surface area contributed by atoms with Crippen LogP contribution in [-0.4, -0.2) is 43.9 Å². The average Bonchev–Trinajstić information content (AvgIpc) is 2.62. The van der Waals surface area contributed by atoms with Crippen molar-refractivity contribution >= 4 is 23.6 Å². The smallest absolute Gasteiger partial charge is 0.252 e. The topological polar surface area (TPSA) is 67.4 Å². The van der Waals surface area contributed by atoms with Crippen LogP contribution in [0.5, 0.6) is 0 Å². The quantitative estimate of drug-likeness (QED) is 0.537. The van der Waals surface area contributed by atoms with E-state index in [0.29, 0.717) is 18.7 Å². The standard InChI is InChI=1S/C20H30N2O3S/c1-25-14-13-21-19(23)15-26-18-12-8-7-11-17(18)20(24)22-16-9-5-3-2-4-6-10-16/h7-8,11-12,16H,2-6,9-10,13-15H2,1H3,(H,21,23)(H,22,24). The van der Waals surface area contributed by atoms with Crippen molar-refractivity contribution < 1.29 is 14.3 Å². The number of benzene rings is 1. The third-order valence-electron chi connectivity index (χ3n) is 4.56. The second-order valence-electron chi connectivity index (χ2n) is 6.64. The van der Waals surface area contributed by atoms with Gasteiger partial charge in [0.2, 0.25) is 5.91 Å². The monoisotopic (exact) mass is 378 g/mol. The molecule has 1 aromatic carbocycles. The van der Waals surface area contributed by atoms with Gasteiger partial charge in [0.25, 0.3) is 5.91 Å². The molecule has 26 heavy (non-hydrogen) atoms. The largest absolute Gasteiger partial charge is 0.383 e. The van der Waals surface area contributed by atoms with Crippen LogP contribution < -0.4 is 10.6 Å². The van der Waals surface area contributed by atoms with Crippen LogP contribution in [0.3, 0.4) is 0 Å². The number of thioether (sulfide) groups is 1. The Labute approximate surface area is 160 Å². The van der Waals surface area contributed by atoms with E-state index in [1.807, 2.05) is 24.3 Å². The van der Waals surface area contributed by atoms with Crippen LogP contribution >= 0.6 is 11.8 Å². The molecule has 1 aliphatic rings. The third kappa shape index (κ3) is 7.38. The Bertz CT molecular complexity index is 572. The summed E-state index contributed by atoms with van der Waals surface area (Å²) < 4.78 is 4.92. The number of amides is 2. The molecule has 0 spiro atoms. The first kappa shape index (κ1) is 20.8. The van der Waals surface area contributed by atoms with Crippen LogP contribution in [0.2, 0.25) is 0 Å². The number of hydrogen-bond donors (Lipinski definition) is 2. The van der Waals surface area contributed by atoms with E-state index in [4.69, 9.17) is 4.74 Å². The number of ether oxygens (including phenoxy) is 1. The zero-order valence-electron chi connectivity index (χ0n) is 15.6. The van der Waals surface area contributed by atoms with Gasteiger partial charge in [0, 0.05) is 24.6 Å². The lowest BCUT2D eigenvalue weighted by Gasteiger charge is -2.21. The lowest BCUT2D eigenvalue weighted by Crippen LogP contribution is -2.35. The molecule has 0 atom stereocenters. The molecule has 1 aliphatic carbocycles. The molecule has 0 saturated heterocycles. The Morgan fingerprint density at radius 1 is 1.12 bits per heavy atom. The maximum Gasteiger partial charge on any atom is 0.252 e. The Morgan fingerprint density at radius 2 is 1.81 bits per heavy atom. The summed E-state index contributed by atoms with van der Waals surface area (Å²) in [5, 5.41) is 6.00. The van der Waals surface area contributed by atoms with Gasteiger partial charge in [-0.15, -0.1) is 11.8 Å². The molecule has 1 saturated carbocycles. The summed E-state index contributed by atoms with van der Waals surface area (Å²) in [6.45, 7) is 0.997. The molecule has 0 unspecified atom stereocenters. The minimum atomic E-state index is -0.0534. The van der Waals surface area contributed by atoms with Crippen molar-refractivity contribution in [3.05, 3.63) is 29.8 Å². The minimum absolute atomic E-state index is 0.0292. The lowest BCUT2D eigenvalue weighted by atomic mass is 9.96. The Balaban J connectivity index is 1.89. The van der Waals surface area contributed by atoms with E-state index < -0.39 is 0 Å². The summed E-state index contributed by atoms with van der Waals surface area (Å²) in [4.78, 5) is 25.5. The molecule has 5 nitrogen and oxygen atoms in total. The van der Waals surface area contributed by atoms with E-state index in [1.165, 1.54) is 43.9 Å². The van der Waals surface area contributed by atoms with Crippen molar-refractivity contribution in [1.82, 2.24) is 10.6 Å². The van der Waals surface area contributed by atoms with E-state index in [9.17, 15) is 9.59 Å². The van der Waals surface area contributed by atoms with E-state index in [0.717, 1.165) is 17.7 Å². The van der Waals surface area contributed by atoms with E-state index in [-0.39, 0.29) is 23.6 Å². The Kier molecular flexibility index (Phi) is 9.56. The SMILES string of the molecule is COCCNC(=O)CSc1ccccc1C(=O)NC1CCCCCCC1. The van der Waals surface area contributed by atoms with Gasteiger partial charge in [-0.3, -0.25) is 9.59 Å². The summed E-state index contributed by atoms with van der Waals surface area (Å²) in [7, 11) is 1.60. The molecule has 144 valence electrons. The summed E-state index contributed by atoms with van der Waals surface area (Å²) in [5.74, 6) is 0.206. The van der Waals surface area contributed by atoms with Crippen LogP contribution in [0.15, 0.2) is 29.2 Å². The van der Waals surface area contributed by atoms with E-state index in [2.05, 4.69) is 10.6 Å². The van der Waals surface area contributed by atoms with Crippen molar-refractivity contribution in [1.29, 1.82) is 0 Å². The second kappa shape index (κ2) is 12.0. The van der Waals surface area contributed by atoms with Gasteiger partial charge in [-0.05, 0) is 25.0 Å². The first-order valence-corrected chi connectivity index (χ1v) is 10.5. The van der Waals surface area contributed by atoms with Gasteiger partial charge < -0.3 is 15.4 Å². The van der Waals surface area contributed by atoms with Gasteiger partial charge in [-0.1, -0.05) is 44.2 Å². The fourth-order valence-electron chi connectivity index (χ4n) is 3.13.